The van der Waals surface area contributed by atoms with E-state index in [9.17, 15) is 13.2 Å². The molecule has 7 heteroatoms. The van der Waals surface area contributed by atoms with Crippen molar-refractivity contribution in [2.75, 3.05) is 27.2 Å². The quantitative estimate of drug-likeness (QED) is 0.800. The third kappa shape index (κ3) is 3.67. The average Bonchev–Trinajstić information content (AvgIpc) is 2.55. The molecule has 0 aliphatic carbocycles. The number of carbonyl (C=O) groups excluding carboxylic acids is 1. The lowest BCUT2D eigenvalue weighted by molar-refractivity contribution is -0.138. The van der Waals surface area contributed by atoms with Crippen molar-refractivity contribution in [2.45, 2.75) is 44.6 Å². The Bertz CT molecular complexity index is 743. The zero-order chi connectivity index (χ0) is 18.9. The number of rotatable bonds is 5. The number of piperazine rings is 1. The zero-order valence-electron chi connectivity index (χ0n) is 15.8. The molecule has 0 bridgehead atoms. The van der Waals surface area contributed by atoms with E-state index in [4.69, 9.17) is 4.74 Å². The van der Waals surface area contributed by atoms with Crippen molar-refractivity contribution in [1.29, 1.82) is 0 Å². The van der Waals surface area contributed by atoms with Crippen molar-refractivity contribution in [3.63, 3.8) is 0 Å². The second kappa shape index (κ2) is 7.33. The normalized spacial score (nSPS) is 19.8. The lowest BCUT2D eigenvalue weighted by atomic mass is 10.0. The summed E-state index contributed by atoms with van der Waals surface area (Å²) in [5.41, 5.74) is 0.918. The molecular weight excluding hydrogens is 340 g/mol. The molecule has 0 radical (unpaired) electrons. The molecular formula is C18H28N2O4S. The maximum atomic E-state index is 13.4. The van der Waals surface area contributed by atoms with Gasteiger partial charge in [-0.3, -0.25) is 4.79 Å². The number of methoxy groups -OCH3 is 1. The van der Waals surface area contributed by atoms with Crippen LogP contribution in [0.2, 0.25) is 0 Å². The van der Waals surface area contributed by atoms with E-state index in [0.29, 0.717) is 12.3 Å². The van der Waals surface area contributed by atoms with Gasteiger partial charge in [-0.25, -0.2) is 8.42 Å². The molecule has 1 fully saturated rings. The van der Waals surface area contributed by atoms with Crippen LogP contribution in [0.1, 0.15) is 39.2 Å². The monoisotopic (exact) mass is 368 g/mol. The first kappa shape index (κ1) is 19.7. The zero-order valence-corrected chi connectivity index (χ0v) is 16.6. The van der Waals surface area contributed by atoms with Gasteiger partial charge >= 0.3 is 0 Å². The number of hydrogen-bond acceptors (Lipinski definition) is 4. The van der Waals surface area contributed by atoms with E-state index < -0.39 is 16.1 Å². The Balaban J connectivity index is 2.57. The number of sulfonamides is 1. The van der Waals surface area contributed by atoms with Crippen molar-refractivity contribution in [3.8, 4) is 5.75 Å². The van der Waals surface area contributed by atoms with E-state index in [-0.39, 0.29) is 29.2 Å². The lowest BCUT2D eigenvalue weighted by Gasteiger charge is -2.40. The Hall–Kier alpha value is -1.60. The lowest BCUT2D eigenvalue weighted by Crippen LogP contribution is -2.59. The highest BCUT2D eigenvalue weighted by atomic mass is 32.2. The summed E-state index contributed by atoms with van der Waals surface area (Å²) in [6, 6.07) is 4.53. The summed E-state index contributed by atoms with van der Waals surface area (Å²) >= 11 is 0. The van der Waals surface area contributed by atoms with Gasteiger partial charge in [0.15, 0.2) is 0 Å². The van der Waals surface area contributed by atoms with Crippen molar-refractivity contribution < 1.29 is 17.9 Å². The summed E-state index contributed by atoms with van der Waals surface area (Å²) in [6.45, 7) is 8.41. The van der Waals surface area contributed by atoms with Crippen LogP contribution >= 0.6 is 0 Å². The first-order chi connectivity index (χ1) is 11.6. The van der Waals surface area contributed by atoms with E-state index in [1.165, 1.54) is 11.4 Å². The molecule has 1 aliphatic heterocycles. The van der Waals surface area contributed by atoms with Gasteiger partial charge in [0.2, 0.25) is 15.9 Å². The Morgan fingerprint density at radius 3 is 2.32 bits per heavy atom. The third-order valence-electron chi connectivity index (χ3n) is 4.67. The van der Waals surface area contributed by atoms with Crippen LogP contribution in [0.15, 0.2) is 23.1 Å². The van der Waals surface area contributed by atoms with Gasteiger partial charge < -0.3 is 9.64 Å². The van der Waals surface area contributed by atoms with Gasteiger partial charge in [0.25, 0.3) is 0 Å². The number of benzene rings is 1. The minimum atomic E-state index is -3.85. The molecule has 1 unspecified atom stereocenters. The molecule has 6 nitrogen and oxygen atoms in total. The Morgan fingerprint density at radius 2 is 1.80 bits per heavy atom. The molecule has 0 spiro atoms. The predicted octanol–water partition coefficient (Wildman–Crippen LogP) is 2.31. The van der Waals surface area contributed by atoms with Crippen molar-refractivity contribution in [2.24, 2.45) is 5.92 Å². The molecule has 25 heavy (non-hydrogen) atoms. The van der Waals surface area contributed by atoms with Crippen LogP contribution in [0.5, 0.6) is 5.75 Å². The summed E-state index contributed by atoms with van der Waals surface area (Å²) in [6.07, 6.45) is 0. The highest BCUT2D eigenvalue weighted by Crippen LogP contribution is 2.33. The highest BCUT2D eigenvalue weighted by Gasteiger charge is 2.43. The van der Waals surface area contributed by atoms with Crippen LogP contribution in [-0.2, 0) is 14.8 Å². The fourth-order valence-corrected chi connectivity index (χ4v) is 5.01. The van der Waals surface area contributed by atoms with Crippen LogP contribution < -0.4 is 4.74 Å². The summed E-state index contributed by atoms with van der Waals surface area (Å²) in [4.78, 5) is 14.3. The largest absolute Gasteiger partial charge is 0.495 e. The second-order valence-electron chi connectivity index (χ2n) is 7.13. The maximum Gasteiger partial charge on any atom is 0.247 e. The van der Waals surface area contributed by atoms with Crippen LogP contribution in [0, 0.1) is 5.92 Å². The summed E-state index contributed by atoms with van der Waals surface area (Å²) in [7, 11) is -0.684. The van der Waals surface area contributed by atoms with Gasteiger partial charge in [-0.2, -0.15) is 4.31 Å². The minimum absolute atomic E-state index is 0.121. The van der Waals surface area contributed by atoms with E-state index in [1.807, 2.05) is 33.8 Å². The van der Waals surface area contributed by atoms with Crippen LogP contribution in [0.25, 0.3) is 0 Å². The predicted molar refractivity (Wildman–Crippen MR) is 97.2 cm³/mol. The van der Waals surface area contributed by atoms with E-state index in [2.05, 4.69) is 0 Å². The van der Waals surface area contributed by atoms with Gasteiger partial charge in [0.05, 0.1) is 7.11 Å². The summed E-state index contributed by atoms with van der Waals surface area (Å²) < 4.78 is 33.4. The van der Waals surface area contributed by atoms with Crippen molar-refractivity contribution in [3.05, 3.63) is 23.8 Å². The first-order valence-corrected chi connectivity index (χ1v) is 10.00. The topological polar surface area (TPSA) is 66.9 Å². The van der Waals surface area contributed by atoms with E-state index in [0.717, 1.165) is 5.56 Å². The van der Waals surface area contributed by atoms with Crippen LogP contribution in [0.3, 0.4) is 0 Å². The Labute approximate surface area is 150 Å². The number of carbonyl (C=O) groups is 1. The molecule has 1 aromatic rings. The number of likely N-dealkylation sites (N-methyl/N-ethyl adjacent to an activating group) is 1. The van der Waals surface area contributed by atoms with Crippen molar-refractivity contribution in [1.82, 2.24) is 9.21 Å². The summed E-state index contributed by atoms with van der Waals surface area (Å²) in [5, 5.41) is 0. The van der Waals surface area contributed by atoms with Gasteiger partial charge in [0.1, 0.15) is 16.7 Å². The van der Waals surface area contributed by atoms with Gasteiger partial charge in [0, 0.05) is 20.1 Å². The molecule has 0 N–H and O–H groups in total. The fraction of sp³-hybridized carbons (Fsp3) is 0.611. The molecule has 0 saturated carbocycles. The molecule has 0 aromatic heterocycles. The van der Waals surface area contributed by atoms with Gasteiger partial charge in [-0.05, 0) is 29.5 Å². The standard InChI is InChI=1S/C18H28N2O4S/c1-12(2)14-7-8-15(24-6)16(11-14)25(22,23)20-10-9-19(5)18(21)17(20)13(3)4/h7-8,11-13,17H,9-10H2,1-6H3. The van der Waals surface area contributed by atoms with Crippen molar-refractivity contribution >= 4 is 15.9 Å². The molecule has 2 rings (SSSR count). The van der Waals surface area contributed by atoms with Crippen LogP contribution in [-0.4, -0.2) is 56.8 Å². The molecule has 140 valence electrons. The highest BCUT2D eigenvalue weighted by molar-refractivity contribution is 7.89. The SMILES string of the molecule is COc1ccc(C(C)C)cc1S(=O)(=O)N1CCN(C)C(=O)C1C(C)C. The second-order valence-corrected chi connectivity index (χ2v) is 8.99. The smallest absolute Gasteiger partial charge is 0.247 e. The number of nitrogens with zero attached hydrogens (tertiary/aromatic N) is 2. The van der Waals surface area contributed by atoms with E-state index in [1.54, 1.807) is 24.1 Å². The molecule has 1 aromatic carbocycles. The van der Waals surface area contributed by atoms with E-state index >= 15 is 0 Å². The molecule has 1 aliphatic rings. The molecule has 1 amide bonds. The number of amides is 1. The number of ether oxygens (including phenoxy) is 1. The Morgan fingerprint density at radius 1 is 1.16 bits per heavy atom. The van der Waals surface area contributed by atoms with Gasteiger partial charge in [-0.15, -0.1) is 0 Å². The summed E-state index contributed by atoms with van der Waals surface area (Å²) in [5.74, 6) is 0.210. The molecule has 1 atom stereocenters. The molecule has 1 saturated heterocycles. The fourth-order valence-electron chi connectivity index (χ4n) is 3.11. The first-order valence-electron chi connectivity index (χ1n) is 8.56. The van der Waals surface area contributed by atoms with Gasteiger partial charge in [-0.1, -0.05) is 33.8 Å². The average molecular weight is 368 g/mol. The number of hydrogen-bond donors (Lipinski definition) is 0. The third-order valence-corrected chi connectivity index (χ3v) is 6.57. The molecule has 1 heterocycles. The van der Waals surface area contributed by atoms with Crippen LogP contribution in [0.4, 0.5) is 0 Å². The maximum absolute atomic E-state index is 13.4. The minimum Gasteiger partial charge on any atom is -0.495 e. The Kier molecular flexibility index (Phi) is 5.79.